The van der Waals surface area contributed by atoms with E-state index < -0.39 is 10.0 Å². The van der Waals surface area contributed by atoms with Gasteiger partial charge < -0.3 is 14.8 Å². The largest absolute Gasteiger partial charge is 0.493 e. The first-order valence-electron chi connectivity index (χ1n) is 9.92. The Kier molecular flexibility index (Phi) is 7.05. The number of carbonyl (C=O) groups is 1. The summed E-state index contributed by atoms with van der Waals surface area (Å²) in [6.07, 6.45) is 0. The molecule has 8 heteroatoms. The minimum absolute atomic E-state index is 0.0147. The number of nitrogens with one attached hydrogen (secondary N) is 2. The molecule has 0 unspecified atom stereocenters. The van der Waals surface area contributed by atoms with Crippen LogP contribution in [0.15, 0.2) is 65.6 Å². The number of anilines is 1. The van der Waals surface area contributed by atoms with Crippen molar-refractivity contribution < 1.29 is 22.7 Å². The summed E-state index contributed by atoms with van der Waals surface area (Å²) in [6, 6.07) is 16.9. The lowest BCUT2D eigenvalue weighted by atomic mass is 10.1. The molecule has 168 valence electrons. The highest BCUT2D eigenvalue weighted by atomic mass is 32.2. The van der Waals surface area contributed by atoms with Gasteiger partial charge in [-0.1, -0.05) is 24.3 Å². The van der Waals surface area contributed by atoms with Crippen molar-refractivity contribution >= 4 is 21.6 Å². The van der Waals surface area contributed by atoms with Gasteiger partial charge in [-0.3, -0.25) is 9.52 Å². The summed E-state index contributed by atoms with van der Waals surface area (Å²) in [5, 5.41) is 2.83. The van der Waals surface area contributed by atoms with E-state index in [0.29, 0.717) is 22.7 Å². The molecule has 0 bridgehead atoms. The van der Waals surface area contributed by atoms with E-state index in [1.807, 2.05) is 19.1 Å². The molecular weight excluding hydrogens is 428 g/mol. The average molecular weight is 455 g/mol. The second-order valence-corrected chi connectivity index (χ2v) is 9.01. The lowest BCUT2D eigenvalue weighted by Crippen LogP contribution is -2.24. The van der Waals surface area contributed by atoms with Gasteiger partial charge in [-0.15, -0.1) is 0 Å². The standard InChI is InChI=1S/C24H26N2O5S/c1-16-6-5-7-19(12-16)26-32(28,29)20-10-8-17(2)21(14-20)24(27)25-15-18-9-11-22(30-3)23(13-18)31-4/h5-14,26H,15H2,1-4H3,(H,25,27). The number of carbonyl (C=O) groups excluding carboxylic acids is 1. The summed E-state index contributed by atoms with van der Waals surface area (Å²) in [7, 11) is -0.753. The van der Waals surface area contributed by atoms with Crippen LogP contribution in [0.1, 0.15) is 27.0 Å². The van der Waals surface area contributed by atoms with E-state index in [1.165, 1.54) is 12.1 Å². The van der Waals surface area contributed by atoms with Crippen LogP contribution in [0.2, 0.25) is 0 Å². The number of hydrogen-bond donors (Lipinski definition) is 2. The number of sulfonamides is 1. The zero-order chi connectivity index (χ0) is 23.3. The van der Waals surface area contributed by atoms with Gasteiger partial charge in [0, 0.05) is 17.8 Å². The first-order valence-corrected chi connectivity index (χ1v) is 11.4. The maximum Gasteiger partial charge on any atom is 0.261 e. The smallest absolute Gasteiger partial charge is 0.261 e. The van der Waals surface area contributed by atoms with Crippen LogP contribution in [0.25, 0.3) is 0 Å². The maximum atomic E-state index is 12.8. The van der Waals surface area contributed by atoms with Gasteiger partial charge in [0.1, 0.15) is 0 Å². The monoisotopic (exact) mass is 454 g/mol. The lowest BCUT2D eigenvalue weighted by Gasteiger charge is -2.13. The summed E-state index contributed by atoms with van der Waals surface area (Å²) in [4.78, 5) is 12.8. The summed E-state index contributed by atoms with van der Waals surface area (Å²) in [5.41, 5.74) is 3.18. The molecule has 0 aromatic heterocycles. The Balaban J connectivity index is 1.78. The van der Waals surface area contributed by atoms with Crippen molar-refractivity contribution in [2.45, 2.75) is 25.3 Å². The highest BCUT2D eigenvalue weighted by molar-refractivity contribution is 7.92. The van der Waals surface area contributed by atoms with Crippen molar-refractivity contribution in [1.82, 2.24) is 5.32 Å². The minimum Gasteiger partial charge on any atom is -0.493 e. The Morgan fingerprint density at radius 1 is 0.906 bits per heavy atom. The molecule has 0 saturated heterocycles. The van der Waals surface area contributed by atoms with Crippen LogP contribution in [0.4, 0.5) is 5.69 Å². The summed E-state index contributed by atoms with van der Waals surface area (Å²) < 4.78 is 38.7. The predicted molar refractivity (Wildman–Crippen MR) is 124 cm³/mol. The Hall–Kier alpha value is -3.52. The quantitative estimate of drug-likeness (QED) is 0.536. The molecule has 0 radical (unpaired) electrons. The van der Waals surface area contributed by atoms with E-state index in [0.717, 1.165) is 11.1 Å². The average Bonchev–Trinajstić information content (AvgIpc) is 2.77. The molecule has 0 heterocycles. The normalized spacial score (nSPS) is 11.0. The van der Waals surface area contributed by atoms with Crippen LogP contribution in [-0.4, -0.2) is 28.5 Å². The molecule has 1 amide bonds. The molecule has 0 aliphatic carbocycles. The van der Waals surface area contributed by atoms with Gasteiger partial charge in [-0.05, 0) is 66.9 Å². The van der Waals surface area contributed by atoms with Crippen molar-refractivity contribution in [2.75, 3.05) is 18.9 Å². The SMILES string of the molecule is COc1ccc(CNC(=O)c2cc(S(=O)(=O)Nc3cccc(C)c3)ccc2C)cc1OC. The third kappa shape index (κ3) is 5.39. The molecule has 0 saturated carbocycles. The van der Waals surface area contributed by atoms with Gasteiger partial charge in [0.2, 0.25) is 0 Å². The molecule has 7 nitrogen and oxygen atoms in total. The highest BCUT2D eigenvalue weighted by Gasteiger charge is 2.18. The number of methoxy groups -OCH3 is 2. The number of benzene rings is 3. The third-order valence-corrected chi connectivity index (χ3v) is 6.31. The molecule has 0 fully saturated rings. The van der Waals surface area contributed by atoms with Crippen molar-refractivity contribution in [2.24, 2.45) is 0 Å². The van der Waals surface area contributed by atoms with E-state index in [1.54, 1.807) is 57.5 Å². The highest BCUT2D eigenvalue weighted by Crippen LogP contribution is 2.27. The first-order chi connectivity index (χ1) is 15.2. The van der Waals surface area contributed by atoms with Crippen LogP contribution in [-0.2, 0) is 16.6 Å². The number of amides is 1. The van der Waals surface area contributed by atoms with Crippen LogP contribution in [0.3, 0.4) is 0 Å². The second kappa shape index (κ2) is 9.74. The fraction of sp³-hybridized carbons (Fsp3) is 0.208. The van der Waals surface area contributed by atoms with Crippen LogP contribution < -0.4 is 19.5 Å². The topological polar surface area (TPSA) is 93.7 Å². The fourth-order valence-electron chi connectivity index (χ4n) is 3.20. The summed E-state index contributed by atoms with van der Waals surface area (Å²) in [6.45, 7) is 3.89. The van der Waals surface area contributed by atoms with E-state index in [9.17, 15) is 13.2 Å². The number of hydrogen-bond acceptors (Lipinski definition) is 5. The van der Waals surface area contributed by atoms with E-state index in [4.69, 9.17) is 9.47 Å². The molecule has 3 rings (SSSR count). The predicted octanol–water partition coefficient (Wildman–Crippen LogP) is 4.05. The Bertz CT molecular complexity index is 1240. The summed E-state index contributed by atoms with van der Waals surface area (Å²) >= 11 is 0. The van der Waals surface area contributed by atoms with Crippen molar-refractivity contribution in [1.29, 1.82) is 0 Å². The Labute approximate surface area is 188 Å². The van der Waals surface area contributed by atoms with Gasteiger partial charge in [-0.2, -0.15) is 0 Å². The van der Waals surface area contributed by atoms with E-state index in [2.05, 4.69) is 10.0 Å². The number of rotatable bonds is 8. The van der Waals surface area contributed by atoms with E-state index >= 15 is 0 Å². The van der Waals surface area contributed by atoms with Crippen LogP contribution >= 0.6 is 0 Å². The number of ether oxygens (including phenoxy) is 2. The molecule has 0 atom stereocenters. The van der Waals surface area contributed by atoms with E-state index in [-0.39, 0.29) is 22.9 Å². The first kappa shape index (κ1) is 23.1. The maximum absolute atomic E-state index is 12.8. The van der Waals surface area contributed by atoms with Gasteiger partial charge in [0.05, 0.1) is 19.1 Å². The van der Waals surface area contributed by atoms with Gasteiger partial charge in [-0.25, -0.2) is 8.42 Å². The van der Waals surface area contributed by atoms with Gasteiger partial charge >= 0.3 is 0 Å². The Morgan fingerprint density at radius 2 is 1.66 bits per heavy atom. The molecule has 3 aromatic rings. The summed E-state index contributed by atoms with van der Waals surface area (Å²) in [5.74, 6) is 0.785. The molecular formula is C24H26N2O5S. The van der Waals surface area contributed by atoms with Crippen molar-refractivity contribution in [3.8, 4) is 11.5 Å². The van der Waals surface area contributed by atoms with Crippen LogP contribution in [0.5, 0.6) is 11.5 Å². The molecule has 3 aromatic carbocycles. The fourth-order valence-corrected chi connectivity index (χ4v) is 4.28. The minimum atomic E-state index is -3.85. The zero-order valence-electron chi connectivity index (χ0n) is 18.4. The van der Waals surface area contributed by atoms with Crippen molar-refractivity contribution in [3.63, 3.8) is 0 Å². The molecule has 0 aliphatic heterocycles. The van der Waals surface area contributed by atoms with Crippen LogP contribution in [0, 0.1) is 13.8 Å². The lowest BCUT2D eigenvalue weighted by molar-refractivity contribution is 0.0950. The molecule has 32 heavy (non-hydrogen) atoms. The Morgan fingerprint density at radius 3 is 2.34 bits per heavy atom. The molecule has 0 aliphatic rings. The van der Waals surface area contributed by atoms with Crippen molar-refractivity contribution in [3.05, 3.63) is 82.9 Å². The molecule has 0 spiro atoms. The third-order valence-electron chi connectivity index (χ3n) is 4.94. The van der Waals surface area contributed by atoms with Gasteiger partial charge in [0.15, 0.2) is 11.5 Å². The zero-order valence-corrected chi connectivity index (χ0v) is 19.2. The van der Waals surface area contributed by atoms with Gasteiger partial charge in [0.25, 0.3) is 15.9 Å². The second-order valence-electron chi connectivity index (χ2n) is 7.32. The number of aryl methyl sites for hydroxylation is 2. The molecule has 2 N–H and O–H groups in total.